The second-order valence-corrected chi connectivity index (χ2v) is 10.7. The molecule has 2 aliphatic rings. The van der Waals surface area contributed by atoms with Gasteiger partial charge in [-0.15, -0.1) is 0 Å². The first-order valence-electron chi connectivity index (χ1n) is 14.9. The van der Waals surface area contributed by atoms with Gasteiger partial charge in [0, 0.05) is 17.4 Å². The van der Waals surface area contributed by atoms with Crippen molar-refractivity contribution in [3.05, 3.63) is 119 Å². The van der Waals surface area contributed by atoms with E-state index in [0.29, 0.717) is 60.4 Å². The van der Waals surface area contributed by atoms with Crippen molar-refractivity contribution in [2.75, 3.05) is 26.8 Å². The van der Waals surface area contributed by atoms with Gasteiger partial charge < -0.3 is 33.2 Å². The topological polar surface area (TPSA) is 81.7 Å². The van der Waals surface area contributed by atoms with E-state index in [2.05, 4.69) is 0 Å². The molecule has 5 aromatic rings. The van der Waals surface area contributed by atoms with Gasteiger partial charge in [0.1, 0.15) is 0 Å². The average Bonchev–Trinajstić information content (AvgIpc) is 3.76. The van der Waals surface area contributed by atoms with E-state index < -0.39 is 5.97 Å². The molecule has 0 saturated heterocycles. The van der Waals surface area contributed by atoms with Gasteiger partial charge in [0.15, 0.2) is 23.0 Å². The van der Waals surface area contributed by atoms with E-state index in [-0.39, 0.29) is 26.8 Å². The van der Waals surface area contributed by atoms with Crippen LogP contribution >= 0.6 is 0 Å². The number of carbonyl (C=O) groups is 1. The zero-order chi connectivity index (χ0) is 30.4. The number of rotatable bonds is 12. The van der Waals surface area contributed by atoms with Gasteiger partial charge in [0.2, 0.25) is 13.6 Å². The summed E-state index contributed by atoms with van der Waals surface area (Å²) in [5.74, 6) is 2.13. The zero-order valence-electron chi connectivity index (χ0n) is 24.7. The quantitative estimate of drug-likeness (QED) is 0.107. The van der Waals surface area contributed by atoms with E-state index in [9.17, 15) is 4.79 Å². The molecule has 0 aromatic heterocycles. The molecule has 5 aromatic carbocycles. The zero-order valence-corrected chi connectivity index (χ0v) is 24.7. The molecule has 2 heterocycles. The molecule has 0 bridgehead atoms. The summed E-state index contributed by atoms with van der Waals surface area (Å²) in [6.45, 7) is 2.00. The van der Waals surface area contributed by atoms with Crippen LogP contribution in [0.5, 0.6) is 23.0 Å². The van der Waals surface area contributed by atoms with Crippen molar-refractivity contribution < 1.29 is 38.0 Å². The second-order valence-electron chi connectivity index (χ2n) is 10.7. The van der Waals surface area contributed by atoms with Gasteiger partial charge in [-0.25, -0.2) is 4.79 Å². The van der Waals surface area contributed by atoms with Crippen LogP contribution in [0.3, 0.4) is 0 Å². The highest BCUT2D eigenvalue weighted by Gasteiger charge is 2.27. The summed E-state index contributed by atoms with van der Waals surface area (Å²) in [5.41, 5.74) is 4.86. The minimum absolute atomic E-state index is 0.116. The lowest BCUT2D eigenvalue weighted by atomic mass is 9.89. The lowest BCUT2D eigenvalue weighted by molar-refractivity contribution is 0.0426. The summed E-state index contributed by atoms with van der Waals surface area (Å²) in [6, 6.07) is 31.3. The second kappa shape index (κ2) is 13.3. The van der Waals surface area contributed by atoms with Crippen LogP contribution in [0.15, 0.2) is 97.1 Å². The molecule has 0 spiro atoms. The van der Waals surface area contributed by atoms with Crippen molar-refractivity contribution in [3.63, 3.8) is 0 Å². The van der Waals surface area contributed by atoms with Crippen LogP contribution in [0.4, 0.5) is 0 Å². The van der Waals surface area contributed by atoms with E-state index in [1.165, 1.54) is 0 Å². The molecule has 0 unspecified atom stereocenters. The molecule has 45 heavy (non-hydrogen) atoms. The van der Waals surface area contributed by atoms with Crippen LogP contribution < -0.4 is 18.9 Å². The highest BCUT2D eigenvalue weighted by molar-refractivity contribution is 6.09. The Hall–Kier alpha value is -5.05. The molecule has 8 nitrogen and oxygen atoms in total. The number of benzene rings is 5. The Labute approximate surface area is 261 Å². The lowest BCUT2D eigenvalue weighted by Gasteiger charge is -2.19. The van der Waals surface area contributed by atoms with E-state index >= 15 is 0 Å². The Morgan fingerprint density at radius 2 is 1.33 bits per heavy atom. The first-order valence-corrected chi connectivity index (χ1v) is 14.9. The Morgan fingerprint density at radius 3 is 2.13 bits per heavy atom. The fraction of sp³-hybridized carbons (Fsp3) is 0.216. The number of fused-ring (bicyclic) bond motifs is 4. The maximum atomic E-state index is 13.8. The number of ether oxygens (including phenoxy) is 7. The van der Waals surface area contributed by atoms with Crippen molar-refractivity contribution in [2.45, 2.75) is 26.2 Å². The van der Waals surface area contributed by atoms with Crippen molar-refractivity contribution in [1.29, 1.82) is 0 Å². The molecule has 0 amide bonds. The highest BCUT2D eigenvalue weighted by Crippen LogP contribution is 2.48. The molecule has 7 rings (SSSR count). The summed E-state index contributed by atoms with van der Waals surface area (Å²) < 4.78 is 40.9. The predicted molar refractivity (Wildman–Crippen MR) is 168 cm³/mol. The normalized spacial score (nSPS) is 12.9. The van der Waals surface area contributed by atoms with Crippen LogP contribution in [-0.2, 0) is 34.0 Å². The van der Waals surface area contributed by atoms with Gasteiger partial charge in [-0.2, -0.15) is 0 Å². The summed E-state index contributed by atoms with van der Waals surface area (Å²) >= 11 is 0. The first kappa shape index (κ1) is 28.7. The van der Waals surface area contributed by atoms with Crippen LogP contribution in [0.1, 0.15) is 33.5 Å². The van der Waals surface area contributed by atoms with Gasteiger partial charge in [0.05, 0.1) is 38.6 Å². The van der Waals surface area contributed by atoms with Crippen LogP contribution in [0, 0.1) is 0 Å². The van der Waals surface area contributed by atoms with Gasteiger partial charge >= 0.3 is 5.97 Å². The molecule has 0 atom stereocenters. The van der Waals surface area contributed by atoms with Crippen LogP contribution in [0.25, 0.3) is 21.9 Å². The number of hydrogen-bond donors (Lipinski definition) is 0. The number of esters is 1. The van der Waals surface area contributed by atoms with Gasteiger partial charge in [0.25, 0.3) is 0 Å². The minimum Gasteiger partial charge on any atom is -0.462 e. The molecular formula is C37H32O8. The third-order valence-electron chi connectivity index (χ3n) is 7.77. The molecule has 0 N–H and O–H groups in total. The summed E-state index contributed by atoms with van der Waals surface area (Å²) in [6.07, 6.45) is 0.569. The van der Waals surface area contributed by atoms with E-state index in [0.717, 1.165) is 33.0 Å². The third kappa shape index (κ3) is 6.29. The standard InChI is InChI=1S/C37H32O8/c38-37(41-17-7-16-39-20-25-8-3-1-4-9-25)29-18-27-13-15-32-36(45-24-43-32)35(27)34(28-12-14-31-33(19-28)44-23-42-31)30(29)22-40-21-26-10-5-2-6-11-26/h1-6,8-15,18-19H,7,16-17,20-24H2. The third-order valence-corrected chi connectivity index (χ3v) is 7.77. The largest absolute Gasteiger partial charge is 0.462 e. The molecule has 0 aliphatic carbocycles. The Bertz CT molecular complexity index is 1800. The Morgan fingerprint density at radius 1 is 0.644 bits per heavy atom. The summed E-state index contributed by atoms with van der Waals surface area (Å²) in [5, 5.41) is 1.64. The average molecular weight is 605 g/mol. The molecule has 0 saturated carbocycles. The van der Waals surface area contributed by atoms with Crippen LogP contribution in [-0.4, -0.2) is 32.8 Å². The summed E-state index contributed by atoms with van der Waals surface area (Å²) in [7, 11) is 0. The summed E-state index contributed by atoms with van der Waals surface area (Å²) in [4.78, 5) is 13.8. The highest BCUT2D eigenvalue weighted by atomic mass is 16.7. The van der Waals surface area contributed by atoms with E-state index in [4.69, 9.17) is 33.2 Å². The van der Waals surface area contributed by atoms with Crippen molar-refractivity contribution >= 4 is 16.7 Å². The molecule has 228 valence electrons. The Kier molecular flexibility index (Phi) is 8.48. The van der Waals surface area contributed by atoms with Gasteiger partial charge in [-0.1, -0.05) is 72.8 Å². The van der Waals surface area contributed by atoms with E-state index in [1.807, 2.05) is 97.1 Å². The van der Waals surface area contributed by atoms with Crippen LogP contribution in [0.2, 0.25) is 0 Å². The minimum atomic E-state index is -0.432. The van der Waals surface area contributed by atoms with Gasteiger partial charge in [-0.05, 0) is 51.9 Å². The van der Waals surface area contributed by atoms with Crippen molar-refractivity contribution in [3.8, 4) is 34.1 Å². The predicted octanol–water partition coefficient (Wildman–Crippen LogP) is 7.44. The smallest absolute Gasteiger partial charge is 0.338 e. The van der Waals surface area contributed by atoms with Crippen molar-refractivity contribution in [2.24, 2.45) is 0 Å². The fourth-order valence-corrected chi connectivity index (χ4v) is 5.61. The molecule has 0 radical (unpaired) electrons. The molecule has 8 heteroatoms. The number of hydrogen-bond acceptors (Lipinski definition) is 8. The Balaban J connectivity index is 1.21. The SMILES string of the molecule is O=C(OCCCOCc1ccccc1)c1cc2ccc3c(c2c(-c2ccc4c(c2)OCO4)c1COCc1ccccc1)OCO3. The maximum Gasteiger partial charge on any atom is 0.338 e. The first-order chi connectivity index (χ1) is 22.2. The number of carbonyl (C=O) groups excluding carboxylic acids is 1. The lowest BCUT2D eigenvalue weighted by Crippen LogP contribution is -2.13. The van der Waals surface area contributed by atoms with E-state index in [1.54, 1.807) is 0 Å². The monoisotopic (exact) mass is 604 g/mol. The molecular weight excluding hydrogens is 572 g/mol. The fourth-order valence-electron chi connectivity index (χ4n) is 5.61. The molecule has 0 fully saturated rings. The van der Waals surface area contributed by atoms with Gasteiger partial charge in [-0.3, -0.25) is 0 Å². The maximum absolute atomic E-state index is 13.8. The molecule has 2 aliphatic heterocycles. The van der Waals surface area contributed by atoms with Crippen molar-refractivity contribution in [1.82, 2.24) is 0 Å².